The zero-order chi connectivity index (χ0) is 22.3. The molecule has 31 heavy (non-hydrogen) atoms. The van der Waals surface area contributed by atoms with Gasteiger partial charge in [0.05, 0.1) is 6.61 Å². The molecular weight excluding hydrogens is 394 g/mol. The second-order valence-corrected chi connectivity index (χ2v) is 7.64. The number of benzene rings is 2. The maximum atomic E-state index is 13.4. The van der Waals surface area contributed by atoms with Gasteiger partial charge < -0.3 is 15.0 Å². The molecule has 1 heterocycles. The summed E-state index contributed by atoms with van der Waals surface area (Å²) in [6.45, 7) is 2.77. The molecule has 1 aliphatic heterocycles. The Morgan fingerprint density at radius 1 is 1.06 bits per heavy atom. The minimum Gasteiger partial charge on any atom is -0.383 e. The first-order chi connectivity index (χ1) is 15.0. The van der Waals surface area contributed by atoms with Crippen LogP contribution < -0.4 is 5.32 Å². The normalized spacial score (nSPS) is 18.2. The molecular formula is C24H29N3O4. The molecule has 0 aromatic heterocycles. The van der Waals surface area contributed by atoms with Gasteiger partial charge in [0.2, 0.25) is 5.91 Å². The molecule has 0 unspecified atom stereocenters. The molecule has 164 valence electrons. The predicted octanol–water partition coefficient (Wildman–Crippen LogP) is 2.91. The molecule has 1 fully saturated rings. The van der Waals surface area contributed by atoms with Crippen molar-refractivity contribution in [3.05, 3.63) is 71.8 Å². The van der Waals surface area contributed by atoms with Crippen molar-refractivity contribution in [2.75, 3.05) is 26.8 Å². The average molecular weight is 424 g/mol. The average Bonchev–Trinajstić information content (AvgIpc) is 3.03. The summed E-state index contributed by atoms with van der Waals surface area (Å²) < 4.78 is 5.14. The number of rotatable bonds is 10. The first kappa shape index (κ1) is 22.5. The van der Waals surface area contributed by atoms with Crippen molar-refractivity contribution in [2.45, 2.75) is 31.8 Å². The van der Waals surface area contributed by atoms with Crippen LogP contribution in [0.3, 0.4) is 0 Å². The molecule has 0 radical (unpaired) electrons. The van der Waals surface area contributed by atoms with Crippen molar-refractivity contribution in [1.82, 2.24) is 15.1 Å². The maximum Gasteiger partial charge on any atom is 0.325 e. The van der Waals surface area contributed by atoms with E-state index in [4.69, 9.17) is 4.74 Å². The zero-order valence-corrected chi connectivity index (χ0v) is 18.0. The Kier molecular flexibility index (Phi) is 7.41. The Balaban J connectivity index is 1.80. The number of amides is 4. The molecule has 1 aliphatic rings. The monoisotopic (exact) mass is 423 g/mol. The number of nitrogens with one attached hydrogen (secondary N) is 1. The molecule has 2 aromatic rings. The highest BCUT2D eigenvalue weighted by molar-refractivity contribution is 6.09. The maximum absolute atomic E-state index is 13.4. The Bertz CT molecular complexity index is 904. The third kappa shape index (κ3) is 4.94. The van der Waals surface area contributed by atoms with Crippen LogP contribution in [0.4, 0.5) is 4.79 Å². The van der Waals surface area contributed by atoms with Gasteiger partial charge in [0.1, 0.15) is 12.1 Å². The van der Waals surface area contributed by atoms with Gasteiger partial charge in [0, 0.05) is 20.2 Å². The van der Waals surface area contributed by atoms with Gasteiger partial charge in [-0.05, 0) is 17.5 Å². The number of hydrogen-bond donors (Lipinski definition) is 1. The van der Waals surface area contributed by atoms with Crippen molar-refractivity contribution in [3.8, 4) is 0 Å². The number of carbonyl (C=O) groups is 3. The van der Waals surface area contributed by atoms with Crippen LogP contribution >= 0.6 is 0 Å². The van der Waals surface area contributed by atoms with Crippen molar-refractivity contribution in [1.29, 1.82) is 0 Å². The lowest BCUT2D eigenvalue weighted by molar-refractivity contribution is -0.140. The van der Waals surface area contributed by atoms with Crippen LogP contribution in [0, 0.1) is 0 Å². The Morgan fingerprint density at radius 3 is 2.32 bits per heavy atom. The van der Waals surface area contributed by atoms with E-state index in [0.717, 1.165) is 16.0 Å². The fourth-order valence-electron chi connectivity index (χ4n) is 3.91. The van der Waals surface area contributed by atoms with Crippen LogP contribution in [0.15, 0.2) is 60.7 Å². The SMILES string of the molecule is CCC[C@@]1(c2ccccc2)NC(=O)N(CC(=O)N(CCOC)Cc2ccccc2)C1=O. The first-order valence-electron chi connectivity index (χ1n) is 10.5. The number of urea groups is 1. The summed E-state index contributed by atoms with van der Waals surface area (Å²) in [5.41, 5.74) is 0.559. The topological polar surface area (TPSA) is 79.0 Å². The Hall–Kier alpha value is -3.19. The fraction of sp³-hybridized carbons (Fsp3) is 0.375. The van der Waals surface area contributed by atoms with Crippen molar-refractivity contribution in [2.24, 2.45) is 0 Å². The molecule has 1 N–H and O–H groups in total. The minimum atomic E-state index is -1.13. The summed E-state index contributed by atoms with van der Waals surface area (Å²) in [5.74, 6) is -0.685. The number of carbonyl (C=O) groups excluding carboxylic acids is 3. The molecule has 1 saturated heterocycles. The van der Waals surface area contributed by atoms with E-state index >= 15 is 0 Å². The highest BCUT2D eigenvalue weighted by Gasteiger charge is 2.52. The van der Waals surface area contributed by atoms with Crippen molar-refractivity contribution in [3.63, 3.8) is 0 Å². The standard InChI is InChI=1S/C24H29N3O4/c1-3-14-24(20-12-8-5-9-13-20)22(29)27(23(30)25-24)18-21(28)26(15-16-31-2)17-19-10-6-4-7-11-19/h4-13H,3,14-18H2,1-2H3,(H,25,30)/t24-/m0/s1. The lowest BCUT2D eigenvalue weighted by Crippen LogP contribution is -2.46. The highest BCUT2D eigenvalue weighted by Crippen LogP contribution is 2.33. The van der Waals surface area contributed by atoms with E-state index in [9.17, 15) is 14.4 Å². The third-order valence-corrected chi connectivity index (χ3v) is 5.49. The van der Waals surface area contributed by atoms with Crippen molar-refractivity contribution < 1.29 is 19.1 Å². The molecule has 0 aliphatic carbocycles. The minimum absolute atomic E-state index is 0.301. The van der Waals surface area contributed by atoms with E-state index in [2.05, 4.69) is 5.32 Å². The van der Waals surface area contributed by atoms with Crippen LogP contribution in [0.1, 0.15) is 30.9 Å². The summed E-state index contributed by atoms with van der Waals surface area (Å²) in [4.78, 5) is 41.9. The molecule has 0 bridgehead atoms. The number of methoxy groups -OCH3 is 1. The summed E-state index contributed by atoms with van der Waals surface area (Å²) in [7, 11) is 1.57. The van der Waals surface area contributed by atoms with Gasteiger partial charge >= 0.3 is 6.03 Å². The molecule has 7 nitrogen and oxygen atoms in total. The molecule has 1 atom stereocenters. The Morgan fingerprint density at radius 2 is 1.71 bits per heavy atom. The van der Waals surface area contributed by atoms with Crippen LogP contribution in [-0.4, -0.2) is 54.5 Å². The number of imide groups is 1. The van der Waals surface area contributed by atoms with Gasteiger partial charge in [-0.3, -0.25) is 14.5 Å². The molecule has 0 saturated carbocycles. The smallest absolute Gasteiger partial charge is 0.325 e. The molecule has 4 amide bonds. The predicted molar refractivity (Wildman–Crippen MR) is 117 cm³/mol. The summed E-state index contributed by atoms with van der Waals surface area (Å²) >= 11 is 0. The number of ether oxygens (including phenoxy) is 1. The summed E-state index contributed by atoms with van der Waals surface area (Å²) in [5, 5.41) is 2.86. The largest absolute Gasteiger partial charge is 0.383 e. The number of nitrogens with zero attached hydrogens (tertiary/aromatic N) is 2. The Labute approximate surface area is 183 Å². The molecule has 3 rings (SSSR count). The third-order valence-electron chi connectivity index (χ3n) is 5.49. The van der Waals surface area contributed by atoms with Crippen LogP contribution in [-0.2, 0) is 26.4 Å². The number of hydrogen-bond acceptors (Lipinski definition) is 4. The first-order valence-corrected chi connectivity index (χ1v) is 10.5. The van der Waals surface area contributed by atoms with E-state index in [0.29, 0.717) is 32.5 Å². The second-order valence-electron chi connectivity index (χ2n) is 7.64. The lowest BCUT2D eigenvalue weighted by atomic mass is 9.85. The summed E-state index contributed by atoms with van der Waals surface area (Å²) in [6, 6.07) is 18.3. The van der Waals surface area contributed by atoms with E-state index in [1.807, 2.05) is 67.6 Å². The van der Waals surface area contributed by atoms with E-state index in [1.165, 1.54) is 0 Å². The van der Waals surface area contributed by atoms with Gasteiger partial charge in [0.25, 0.3) is 5.91 Å². The second kappa shape index (κ2) is 10.2. The van der Waals surface area contributed by atoms with E-state index in [1.54, 1.807) is 12.0 Å². The summed E-state index contributed by atoms with van der Waals surface area (Å²) in [6.07, 6.45) is 1.17. The van der Waals surface area contributed by atoms with Gasteiger partial charge in [-0.2, -0.15) is 0 Å². The van der Waals surface area contributed by atoms with E-state index < -0.39 is 11.6 Å². The van der Waals surface area contributed by atoms with Gasteiger partial charge in [0.15, 0.2) is 0 Å². The fourth-order valence-corrected chi connectivity index (χ4v) is 3.91. The lowest BCUT2D eigenvalue weighted by Gasteiger charge is -2.27. The quantitative estimate of drug-likeness (QED) is 0.596. The van der Waals surface area contributed by atoms with Gasteiger partial charge in [-0.25, -0.2) is 4.79 Å². The molecule has 2 aromatic carbocycles. The van der Waals surface area contributed by atoms with Crippen LogP contribution in [0.25, 0.3) is 0 Å². The molecule has 7 heteroatoms. The van der Waals surface area contributed by atoms with Crippen LogP contribution in [0.2, 0.25) is 0 Å². The van der Waals surface area contributed by atoms with Crippen molar-refractivity contribution >= 4 is 17.8 Å². The van der Waals surface area contributed by atoms with Gasteiger partial charge in [-0.15, -0.1) is 0 Å². The molecule has 0 spiro atoms. The zero-order valence-electron chi connectivity index (χ0n) is 18.0. The van der Waals surface area contributed by atoms with Crippen LogP contribution in [0.5, 0.6) is 0 Å². The highest BCUT2D eigenvalue weighted by atomic mass is 16.5. The van der Waals surface area contributed by atoms with E-state index in [-0.39, 0.29) is 18.4 Å². The van der Waals surface area contributed by atoms with Gasteiger partial charge in [-0.1, -0.05) is 74.0 Å².